The van der Waals surface area contributed by atoms with Crippen LogP contribution in [-0.4, -0.2) is 6.36 Å². The zero-order valence-corrected chi connectivity index (χ0v) is 7.95. The van der Waals surface area contributed by atoms with Crippen LogP contribution in [0.1, 0.15) is 12.0 Å². The fourth-order valence-corrected chi connectivity index (χ4v) is 1.26. The topological polar surface area (TPSA) is 9.23 Å². The average molecular weight is 244 g/mol. The highest BCUT2D eigenvalue weighted by Gasteiger charge is 2.33. The molecule has 0 aromatic heterocycles. The van der Waals surface area contributed by atoms with Crippen LogP contribution in [0.2, 0.25) is 0 Å². The van der Waals surface area contributed by atoms with Crippen molar-refractivity contribution < 1.29 is 26.7 Å². The lowest BCUT2D eigenvalue weighted by Crippen LogP contribution is -2.18. The standard InChI is InChI=1S/C8H5F5OS/c9-7(10)6-4(14-8(11,12)13)2-1-3-5(6)15/h1-3,7,15H. The minimum absolute atomic E-state index is 0.244. The molecule has 0 N–H and O–H groups in total. The summed E-state index contributed by atoms with van der Waals surface area (Å²) in [5, 5.41) is 0. The number of hydrogen-bond acceptors (Lipinski definition) is 2. The van der Waals surface area contributed by atoms with Gasteiger partial charge >= 0.3 is 6.36 Å². The van der Waals surface area contributed by atoms with Gasteiger partial charge in [0.1, 0.15) is 5.75 Å². The molecule has 1 rings (SSSR count). The molecule has 0 unspecified atom stereocenters. The predicted molar refractivity (Wildman–Crippen MR) is 45.3 cm³/mol. The van der Waals surface area contributed by atoms with Gasteiger partial charge in [-0.3, -0.25) is 0 Å². The molecular weight excluding hydrogens is 239 g/mol. The van der Waals surface area contributed by atoms with Gasteiger partial charge in [-0.2, -0.15) is 0 Å². The highest BCUT2D eigenvalue weighted by atomic mass is 32.1. The minimum atomic E-state index is -4.99. The molecule has 84 valence electrons. The molecule has 1 aromatic rings. The lowest BCUT2D eigenvalue weighted by atomic mass is 10.2. The fraction of sp³-hybridized carbons (Fsp3) is 0.250. The van der Waals surface area contributed by atoms with Crippen LogP contribution in [0.15, 0.2) is 23.1 Å². The molecule has 0 bridgehead atoms. The monoisotopic (exact) mass is 244 g/mol. The van der Waals surface area contributed by atoms with E-state index in [-0.39, 0.29) is 4.90 Å². The van der Waals surface area contributed by atoms with Gasteiger partial charge in [-0.25, -0.2) is 8.78 Å². The molecule has 0 heterocycles. The van der Waals surface area contributed by atoms with Crippen LogP contribution in [0.3, 0.4) is 0 Å². The van der Waals surface area contributed by atoms with E-state index in [1.165, 1.54) is 0 Å². The Morgan fingerprint density at radius 3 is 2.27 bits per heavy atom. The third kappa shape index (κ3) is 3.26. The first-order valence-electron chi connectivity index (χ1n) is 3.67. The number of halogens is 5. The van der Waals surface area contributed by atoms with Gasteiger partial charge in [-0.15, -0.1) is 25.8 Å². The molecule has 0 fully saturated rings. The summed E-state index contributed by atoms with van der Waals surface area (Å²) >= 11 is 3.63. The van der Waals surface area contributed by atoms with E-state index < -0.39 is 24.1 Å². The van der Waals surface area contributed by atoms with Crippen molar-refractivity contribution in [1.82, 2.24) is 0 Å². The van der Waals surface area contributed by atoms with Gasteiger partial charge in [0.25, 0.3) is 6.43 Å². The van der Waals surface area contributed by atoms with E-state index in [1.807, 2.05) is 0 Å². The van der Waals surface area contributed by atoms with Crippen LogP contribution >= 0.6 is 12.6 Å². The maximum Gasteiger partial charge on any atom is 0.573 e. The molecule has 0 saturated carbocycles. The summed E-state index contributed by atoms with van der Waals surface area (Å²) in [5.41, 5.74) is -0.863. The van der Waals surface area contributed by atoms with E-state index in [0.29, 0.717) is 0 Å². The second kappa shape index (κ2) is 4.26. The van der Waals surface area contributed by atoms with Crippen LogP contribution in [0, 0.1) is 0 Å². The summed E-state index contributed by atoms with van der Waals surface area (Å²) in [6, 6.07) is 3.12. The zero-order valence-electron chi connectivity index (χ0n) is 7.05. The minimum Gasteiger partial charge on any atom is -0.405 e. The van der Waals surface area contributed by atoms with E-state index in [1.54, 1.807) is 0 Å². The molecule has 0 saturated heterocycles. The Hall–Kier alpha value is -0.980. The Morgan fingerprint density at radius 1 is 1.20 bits per heavy atom. The van der Waals surface area contributed by atoms with Gasteiger partial charge in [0, 0.05) is 4.90 Å². The predicted octanol–water partition coefficient (Wildman–Crippen LogP) is 3.81. The lowest BCUT2D eigenvalue weighted by molar-refractivity contribution is -0.275. The van der Waals surface area contributed by atoms with Crippen molar-refractivity contribution in [1.29, 1.82) is 0 Å². The van der Waals surface area contributed by atoms with Gasteiger partial charge in [0.15, 0.2) is 0 Å². The van der Waals surface area contributed by atoms with Crippen molar-refractivity contribution >= 4 is 12.6 Å². The summed E-state index contributed by atoms with van der Waals surface area (Å²) in [7, 11) is 0. The Kier molecular flexibility index (Phi) is 3.43. The first-order valence-corrected chi connectivity index (χ1v) is 4.12. The number of ether oxygens (including phenoxy) is 1. The van der Waals surface area contributed by atoms with Crippen molar-refractivity contribution in [3.63, 3.8) is 0 Å². The first-order chi connectivity index (χ1) is 6.81. The molecule has 0 aliphatic carbocycles. The van der Waals surface area contributed by atoms with E-state index in [0.717, 1.165) is 18.2 Å². The normalized spacial score (nSPS) is 11.9. The lowest BCUT2D eigenvalue weighted by Gasteiger charge is -2.13. The van der Waals surface area contributed by atoms with E-state index in [4.69, 9.17) is 0 Å². The van der Waals surface area contributed by atoms with Crippen LogP contribution < -0.4 is 4.74 Å². The Labute approximate surface area is 87.3 Å². The van der Waals surface area contributed by atoms with Crippen LogP contribution in [0.25, 0.3) is 0 Å². The molecule has 0 spiro atoms. The van der Waals surface area contributed by atoms with Gasteiger partial charge in [-0.05, 0) is 12.1 Å². The maximum atomic E-state index is 12.4. The highest BCUT2D eigenvalue weighted by molar-refractivity contribution is 7.80. The highest BCUT2D eigenvalue weighted by Crippen LogP contribution is 2.36. The quantitative estimate of drug-likeness (QED) is 0.614. The van der Waals surface area contributed by atoms with Gasteiger partial charge in [0.2, 0.25) is 0 Å². The van der Waals surface area contributed by atoms with Crippen LogP contribution in [0.5, 0.6) is 5.75 Å². The second-order valence-electron chi connectivity index (χ2n) is 2.54. The number of benzene rings is 1. The molecule has 15 heavy (non-hydrogen) atoms. The molecular formula is C8H5F5OS. The zero-order chi connectivity index (χ0) is 11.6. The van der Waals surface area contributed by atoms with Crippen molar-refractivity contribution in [3.05, 3.63) is 23.8 Å². The Bertz CT molecular complexity index is 349. The molecule has 1 nitrogen and oxygen atoms in total. The van der Waals surface area contributed by atoms with Crippen molar-refractivity contribution in [2.75, 3.05) is 0 Å². The van der Waals surface area contributed by atoms with Crippen molar-refractivity contribution in [2.24, 2.45) is 0 Å². The molecule has 0 atom stereocenters. The van der Waals surface area contributed by atoms with Gasteiger partial charge in [-0.1, -0.05) is 6.07 Å². The van der Waals surface area contributed by atoms with E-state index >= 15 is 0 Å². The third-order valence-electron chi connectivity index (χ3n) is 1.49. The number of alkyl halides is 5. The average Bonchev–Trinajstić information content (AvgIpc) is 1.99. The van der Waals surface area contributed by atoms with Gasteiger partial charge < -0.3 is 4.74 Å². The fourth-order valence-electron chi connectivity index (χ4n) is 0.965. The number of thiol groups is 1. The summed E-state index contributed by atoms with van der Waals surface area (Å²) in [4.78, 5) is -0.244. The van der Waals surface area contributed by atoms with Crippen LogP contribution in [0.4, 0.5) is 22.0 Å². The maximum absolute atomic E-state index is 12.4. The van der Waals surface area contributed by atoms with Crippen LogP contribution in [-0.2, 0) is 0 Å². The first kappa shape index (κ1) is 12.1. The molecule has 0 radical (unpaired) electrons. The summed E-state index contributed by atoms with van der Waals surface area (Å²) in [5.74, 6) is -0.926. The largest absolute Gasteiger partial charge is 0.573 e. The molecule has 7 heteroatoms. The van der Waals surface area contributed by atoms with Crippen molar-refractivity contribution in [3.8, 4) is 5.75 Å². The summed E-state index contributed by atoms with van der Waals surface area (Å²) < 4.78 is 63.7. The Morgan fingerprint density at radius 2 is 1.80 bits per heavy atom. The molecule has 0 aliphatic heterocycles. The van der Waals surface area contributed by atoms with Crippen molar-refractivity contribution in [2.45, 2.75) is 17.7 Å². The number of rotatable bonds is 2. The second-order valence-corrected chi connectivity index (χ2v) is 3.02. The third-order valence-corrected chi connectivity index (χ3v) is 1.88. The molecule has 0 aliphatic rings. The summed E-state index contributed by atoms with van der Waals surface area (Å²) in [6.45, 7) is 0. The smallest absolute Gasteiger partial charge is 0.405 e. The Balaban J connectivity index is 3.12. The molecule has 0 amide bonds. The number of hydrogen-bond donors (Lipinski definition) is 1. The summed E-state index contributed by atoms with van der Waals surface area (Å²) in [6.07, 6.45) is -8.07. The molecule has 1 aromatic carbocycles. The SMILES string of the molecule is FC(F)c1c(S)cccc1OC(F)(F)F. The van der Waals surface area contributed by atoms with Gasteiger partial charge in [0.05, 0.1) is 5.56 Å². The van der Waals surface area contributed by atoms with E-state index in [2.05, 4.69) is 17.4 Å². The van der Waals surface area contributed by atoms with E-state index in [9.17, 15) is 22.0 Å².